The molecule has 1 aromatic heterocycles. The highest BCUT2D eigenvalue weighted by atomic mass is 35.5. The van der Waals surface area contributed by atoms with Crippen LogP contribution in [0.3, 0.4) is 0 Å². The molecule has 0 atom stereocenters. The van der Waals surface area contributed by atoms with Gasteiger partial charge in [0.05, 0.1) is 5.69 Å². The molecule has 1 heterocycles. The molecule has 0 fully saturated rings. The number of ether oxygens (including phenoxy) is 1. The van der Waals surface area contributed by atoms with Crippen LogP contribution in [0.2, 0.25) is 5.02 Å². The number of aryl methyl sites for hydroxylation is 3. The van der Waals surface area contributed by atoms with Crippen LogP contribution in [0.1, 0.15) is 24.6 Å². The first-order valence-electron chi connectivity index (χ1n) is 6.29. The lowest BCUT2D eigenvalue weighted by Gasteiger charge is -2.11. The Morgan fingerprint density at radius 2 is 2.11 bits per heavy atom. The second-order valence-electron chi connectivity index (χ2n) is 4.54. The van der Waals surface area contributed by atoms with Gasteiger partial charge in [-0.25, -0.2) is 4.68 Å². The third kappa shape index (κ3) is 2.84. The molecule has 0 saturated heterocycles. The number of anilines is 1. The number of rotatable bonds is 4. The molecule has 2 N–H and O–H groups in total. The zero-order valence-electron chi connectivity index (χ0n) is 11.4. The van der Waals surface area contributed by atoms with Gasteiger partial charge in [0.2, 0.25) is 5.88 Å². The maximum absolute atomic E-state index is 6.03. The van der Waals surface area contributed by atoms with E-state index in [1.54, 1.807) is 10.7 Å². The summed E-state index contributed by atoms with van der Waals surface area (Å²) in [5, 5.41) is 5.02. The second kappa shape index (κ2) is 5.53. The van der Waals surface area contributed by atoms with E-state index in [1.807, 2.05) is 26.0 Å². The molecule has 4 nitrogen and oxygen atoms in total. The van der Waals surface area contributed by atoms with Crippen LogP contribution < -0.4 is 10.5 Å². The van der Waals surface area contributed by atoms with Crippen molar-refractivity contribution >= 4 is 17.3 Å². The van der Waals surface area contributed by atoms with Crippen molar-refractivity contribution in [3.05, 3.63) is 34.5 Å². The summed E-state index contributed by atoms with van der Waals surface area (Å²) in [6, 6.07) is 5.54. The molecule has 0 radical (unpaired) electrons. The lowest BCUT2D eigenvalue weighted by Crippen LogP contribution is -2.03. The number of hydrogen-bond acceptors (Lipinski definition) is 3. The topological polar surface area (TPSA) is 53.1 Å². The molecule has 1 aromatic carbocycles. The summed E-state index contributed by atoms with van der Waals surface area (Å²) in [6.07, 6.45) is 0.964. The smallest absolute Gasteiger partial charge is 0.241 e. The van der Waals surface area contributed by atoms with Crippen LogP contribution in [-0.4, -0.2) is 9.78 Å². The van der Waals surface area contributed by atoms with Crippen molar-refractivity contribution in [3.8, 4) is 11.6 Å². The Balaban J connectivity index is 2.39. The summed E-state index contributed by atoms with van der Waals surface area (Å²) in [5.41, 5.74) is 8.39. The van der Waals surface area contributed by atoms with Crippen molar-refractivity contribution in [1.29, 1.82) is 0 Å². The number of nitrogens with zero attached hydrogens (tertiary/aromatic N) is 2. The predicted molar refractivity (Wildman–Crippen MR) is 77.9 cm³/mol. The first-order chi connectivity index (χ1) is 9.02. The van der Waals surface area contributed by atoms with Gasteiger partial charge in [0, 0.05) is 11.6 Å². The fourth-order valence-corrected chi connectivity index (χ4v) is 2.00. The number of halogens is 1. The van der Waals surface area contributed by atoms with Gasteiger partial charge in [-0.2, -0.15) is 5.10 Å². The van der Waals surface area contributed by atoms with E-state index in [2.05, 4.69) is 12.0 Å². The summed E-state index contributed by atoms with van der Waals surface area (Å²) in [7, 11) is 0. The third-order valence-electron chi connectivity index (χ3n) is 2.92. The second-order valence-corrected chi connectivity index (χ2v) is 4.98. The molecule has 5 heteroatoms. The number of nitrogens with two attached hydrogens (primary N) is 1. The molecule has 0 spiro atoms. The van der Waals surface area contributed by atoms with Gasteiger partial charge in [-0.05, 0) is 38.0 Å². The van der Waals surface area contributed by atoms with Crippen molar-refractivity contribution in [3.63, 3.8) is 0 Å². The van der Waals surface area contributed by atoms with Crippen molar-refractivity contribution < 1.29 is 4.74 Å². The lowest BCUT2D eigenvalue weighted by atomic mass is 10.2. The molecule has 0 aliphatic rings. The van der Waals surface area contributed by atoms with E-state index < -0.39 is 0 Å². The van der Waals surface area contributed by atoms with Gasteiger partial charge in [0.15, 0.2) is 0 Å². The summed E-state index contributed by atoms with van der Waals surface area (Å²) in [6.45, 7) is 6.70. The number of hydrogen-bond donors (Lipinski definition) is 1. The van der Waals surface area contributed by atoms with Crippen molar-refractivity contribution in [2.45, 2.75) is 33.7 Å². The zero-order valence-corrected chi connectivity index (χ0v) is 12.2. The molecule has 102 valence electrons. The molecule has 0 aliphatic carbocycles. The Kier molecular flexibility index (Phi) is 4.00. The van der Waals surface area contributed by atoms with E-state index in [-0.39, 0.29) is 0 Å². The van der Waals surface area contributed by atoms with E-state index >= 15 is 0 Å². The van der Waals surface area contributed by atoms with Crippen LogP contribution in [0, 0.1) is 13.8 Å². The van der Waals surface area contributed by atoms with E-state index in [0.717, 1.165) is 24.2 Å². The van der Waals surface area contributed by atoms with Gasteiger partial charge in [0.25, 0.3) is 0 Å². The van der Waals surface area contributed by atoms with Crippen LogP contribution in [0.25, 0.3) is 0 Å². The lowest BCUT2D eigenvalue weighted by molar-refractivity contribution is 0.408. The molecule has 0 unspecified atom stereocenters. The van der Waals surface area contributed by atoms with Crippen LogP contribution in [0.15, 0.2) is 18.2 Å². The van der Waals surface area contributed by atoms with Crippen LogP contribution in [0.4, 0.5) is 5.69 Å². The molecular formula is C14H18ClN3O. The standard InChI is InChI=1S/C14H18ClN3O/c1-4-7-18-14(13(16)10(3)17-18)19-12-8-11(15)6-5-9(12)2/h5-6,8H,4,7,16H2,1-3H3. The molecule has 2 aromatic rings. The van der Waals surface area contributed by atoms with Crippen molar-refractivity contribution in [2.75, 3.05) is 5.73 Å². The number of benzene rings is 1. The van der Waals surface area contributed by atoms with Gasteiger partial charge in [0.1, 0.15) is 11.4 Å². The first kappa shape index (κ1) is 13.7. The van der Waals surface area contributed by atoms with Crippen molar-refractivity contribution in [2.24, 2.45) is 0 Å². The summed E-state index contributed by atoms with van der Waals surface area (Å²) in [4.78, 5) is 0. The van der Waals surface area contributed by atoms with Crippen LogP contribution in [0.5, 0.6) is 11.6 Å². The molecule has 2 rings (SSSR count). The normalized spacial score (nSPS) is 10.7. The SMILES string of the molecule is CCCn1nc(C)c(N)c1Oc1cc(Cl)ccc1C. The van der Waals surface area contributed by atoms with E-state index in [0.29, 0.717) is 22.3 Å². The average Bonchev–Trinajstić information content (AvgIpc) is 2.62. The molecule has 0 bridgehead atoms. The van der Waals surface area contributed by atoms with Gasteiger partial charge in [-0.15, -0.1) is 0 Å². The van der Waals surface area contributed by atoms with Crippen LogP contribution >= 0.6 is 11.6 Å². The molecule has 0 amide bonds. The predicted octanol–water partition coefficient (Wildman–Crippen LogP) is 3.94. The Morgan fingerprint density at radius 3 is 2.79 bits per heavy atom. The monoisotopic (exact) mass is 279 g/mol. The summed E-state index contributed by atoms with van der Waals surface area (Å²) in [5.74, 6) is 1.29. The fourth-order valence-electron chi connectivity index (χ4n) is 1.83. The minimum atomic E-state index is 0.577. The highest BCUT2D eigenvalue weighted by molar-refractivity contribution is 6.30. The molecule has 0 aliphatic heterocycles. The third-order valence-corrected chi connectivity index (χ3v) is 3.15. The maximum Gasteiger partial charge on any atom is 0.241 e. The van der Waals surface area contributed by atoms with Crippen LogP contribution in [-0.2, 0) is 6.54 Å². The summed E-state index contributed by atoms with van der Waals surface area (Å²) >= 11 is 6.00. The Bertz CT molecular complexity index is 593. The number of aromatic nitrogens is 2. The van der Waals surface area contributed by atoms with Gasteiger partial charge in [-0.3, -0.25) is 0 Å². The number of nitrogen functional groups attached to an aromatic ring is 1. The maximum atomic E-state index is 6.03. The fraction of sp³-hybridized carbons (Fsp3) is 0.357. The zero-order chi connectivity index (χ0) is 14.0. The largest absolute Gasteiger partial charge is 0.437 e. The Labute approximate surface area is 118 Å². The van der Waals surface area contributed by atoms with E-state index in [4.69, 9.17) is 22.1 Å². The summed E-state index contributed by atoms with van der Waals surface area (Å²) < 4.78 is 7.71. The molecule has 19 heavy (non-hydrogen) atoms. The van der Waals surface area contributed by atoms with E-state index in [1.165, 1.54) is 0 Å². The Hall–Kier alpha value is -1.68. The van der Waals surface area contributed by atoms with Gasteiger partial charge >= 0.3 is 0 Å². The highest BCUT2D eigenvalue weighted by Gasteiger charge is 2.15. The molecular weight excluding hydrogens is 262 g/mol. The van der Waals surface area contributed by atoms with Crippen molar-refractivity contribution in [1.82, 2.24) is 9.78 Å². The quantitative estimate of drug-likeness (QED) is 0.922. The highest BCUT2D eigenvalue weighted by Crippen LogP contribution is 2.33. The minimum absolute atomic E-state index is 0.577. The van der Waals surface area contributed by atoms with Gasteiger partial charge < -0.3 is 10.5 Å². The molecule has 0 saturated carbocycles. The minimum Gasteiger partial charge on any atom is -0.437 e. The van der Waals surface area contributed by atoms with E-state index in [9.17, 15) is 0 Å². The Morgan fingerprint density at radius 1 is 1.37 bits per heavy atom. The average molecular weight is 280 g/mol. The first-order valence-corrected chi connectivity index (χ1v) is 6.67. The van der Waals surface area contributed by atoms with Gasteiger partial charge in [-0.1, -0.05) is 24.6 Å².